The monoisotopic (exact) mass is 254 g/mol. The van der Waals surface area contributed by atoms with Gasteiger partial charge in [0.15, 0.2) is 0 Å². The smallest absolute Gasteiger partial charge is 0.224 e. The number of epoxide rings is 1. The lowest BCUT2D eigenvalue weighted by molar-refractivity contribution is -0.131. The van der Waals surface area contributed by atoms with Crippen LogP contribution in [0.2, 0.25) is 0 Å². The second kappa shape index (κ2) is 5.69. The lowest BCUT2D eigenvalue weighted by Crippen LogP contribution is -2.37. The number of carbonyl (C=O) groups excluding carboxylic acids is 2. The average Bonchev–Trinajstić information content (AvgIpc) is 3.09. The molecule has 0 aromatic carbocycles. The van der Waals surface area contributed by atoms with Crippen molar-refractivity contribution in [3.63, 3.8) is 0 Å². The molecular formula is C13H22N2O3. The largest absolute Gasteiger partial charge is 0.371 e. The van der Waals surface area contributed by atoms with E-state index >= 15 is 0 Å². The number of carbonyl (C=O) groups is 2. The van der Waals surface area contributed by atoms with Crippen LogP contribution in [0.15, 0.2) is 0 Å². The lowest BCUT2D eigenvalue weighted by Gasteiger charge is -2.22. The zero-order chi connectivity index (χ0) is 13.1. The van der Waals surface area contributed by atoms with E-state index in [0.717, 1.165) is 6.61 Å². The summed E-state index contributed by atoms with van der Waals surface area (Å²) in [6, 6.07) is 0. The van der Waals surface area contributed by atoms with Crippen molar-refractivity contribution in [1.82, 2.24) is 9.80 Å². The van der Waals surface area contributed by atoms with Crippen LogP contribution in [-0.4, -0.2) is 60.5 Å². The second-order valence-electron chi connectivity index (χ2n) is 5.52. The molecule has 0 bridgehead atoms. The highest BCUT2D eigenvalue weighted by Gasteiger charge is 2.30. The molecule has 2 heterocycles. The highest BCUT2D eigenvalue weighted by atomic mass is 16.6. The average molecular weight is 254 g/mol. The van der Waals surface area contributed by atoms with Crippen LogP contribution >= 0.6 is 0 Å². The van der Waals surface area contributed by atoms with Crippen LogP contribution in [0.3, 0.4) is 0 Å². The Kier molecular flexibility index (Phi) is 4.22. The minimum atomic E-state index is 0.144. The normalized spacial score (nSPS) is 24.4. The third-order valence-electron chi connectivity index (χ3n) is 3.35. The summed E-state index contributed by atoms with van der Waals surface area (Å²) in [5.41, 5.74) is 0. The van der Waals surface area contributed by atoms with Crippen LogP contribution in [0.5, 0.6) is 0 Å². The molecule has 0 N–H and O–H groups in total. The Morgan fingerprint density at radius 3 is 2.72 bits per heavy atom. The van der Waals surface area contributed by atoms with Crippen molar-refractivity contribution in [1.29, 1.82) is 0 Å². The maximum absolute atomic E-state index is 12.0. The van der Waals surface area contributed by atoms with E-state index in [0.29, 0.717) is 44.9 Å². The van der Waals surface area contributed by atoms with Gasteiger partial charge in [0.05, 0.1) is 12.7 Å². The molecule has 0 radical (unpaired) electrons. The Labute approximate surface area is 108 Å². The van der Waals surface area contributed by atoms with Crippen molar-refractivity contribution in [2.24, 2.45) is 5.92 Å². The first-order chi connectivity index (χ1) is 8.56. The number of rotatable bonds is 4. The molecule has 2 fully saturated rings. The first kappa shape index (κ1) is 13.3. The third kappa shape index (κ3) is 3.70. The van der Waals surface area contributed by atoms with Gasteiger partial charge in [0.1, 0.15) is 0 Å². The zero-order valence-electron chi connectivity index (χ0n) is 11.2. The maximum Gasteiger partial charge on any atom is 0.224 e. The number of amides is 2. The highest BCUT2D eigenvalue weighted by Crippen LogP contribution is 2.14. The first-order valence-corrected chi connectivity index (χ1v) is 6.73. The molecule has 0 aromatic rings. The van der Waals surface area contributed by atoms with E-state index in [9.17, 15) is 9.59 Å². The molecule has 18 heavy (non-hydrogen) atoms. The molecule has 1 atom stereocenters. The van der Waals surface area contributed by atoms with Gasteiger partial charge in [-0.2, -0.15) is 0 Å². The van der Waals surface area contributed by atoms with Gasteiger partial charge < -0.3 is 14.5 Å². The lowest BCUT2D eigenvalue weighted by atomic mass is 10.1. The first-order valence-electron chi connectivity index (χ1n) is 6.73. The number of hydrogen-bond acceptors (Lipinski definition) is 3. The van der Waals surface area contributed by atoms with Gasteiger partial charge in [-0.05, 0) is 5.92 Å². The van der Waals surface area contributed by atoms with Gasteiger partial charge in [-0.1, -0.05) is 13.8 Å². The molecule has 0 aromatic heterocycles. The standard InChI is InChI=1S/C13H22N2O3/c1-10(2)7-13(17)14-4-3-12(16)15(6-5-14)8-11-9-18-11/h10-11H,3-9H2,1-2H3/t11-/m1/s1. The van der Waals surface area contributed by atoms with Crippen molar-refractivity contribution in [3.8, 4) is 0 Å². The number of ether oxygens (including phenoxy) is 1. The van der Waals surface area contributed by atoms with Crippen molar-refractivity contribution in [2.45, 2.75) is 32.8 Å². The molecular weight excluding hydrogens is 232 g/mol. The fraction of sp³-hybridized carbons (Fsp3) is 0.846. The Morgan fingerprint density at radius 2 is 2.11 bits per heavy atom. The van der Waals surface area contributed by atoms with Crippen LogP contribution in [0, 0.1) is 5.92 Å². The summed E-state index contributed by atoms with van der Waals surface area (Å²) in [6.45, 7) is 7.39. The van der Waals surface area contributed by atoms with Gasteiger partial charge in [-0.3, -0.25) is 9.59 Å². The van der Waals surface area contributed by atoms with Crippen LogP contribution in [-0.2, 0) is 14.3 Å². The predicted octanol–water partition coefficient (Wildman–Crippen LogP) is 0.492. The molecule has 2 aliphatic rings. The fourth-order valence-electron chi connectivity index (χ4n) is 2.21. The summed E-state index contributed by atoms with van der Waals surface area (Å²) in [6.07, 6.45) is 1.24. The molecule has 0 aliphatic carbocycles. The minimum Gasteiger partial charge on any atom is -0.371 e. The van der Waals surface area contributed by atoms with E-state index in [4.69, 9.17) is 4.74 Å². The van der Waals surface area contributed by atoms with Crippen molar-refractivity contribution >= 4 is 11.8 Å². The predicted molar refractivity (Wildman–Crippen MR) is 67.0 cm³/mol. The molecule has 2 saturated heterocycles. The van der Waals surface area contributed by atoms with Crippen molar-refractivity contribution in [3.05, 3.63) is 0 Å². The van der Waals surface area contributed by atoms with E-state index in [1.54, 1.807) is 0 Å². The molecule has 5 nitrogen and oxygen atoms in total. The van der Waals surface area contributed by atoms with Crippen molar-refractivity contribution in [2.75, 3.05) is 32.8 Å². The van der Waals surface area contributed by atoms with Gasteiger partial charge in [0.25, 0.3) is 0 Å². The Balaban J connectivity index is 1.85. The van der Waals surface area contributed by atoms with Gasteiger partial charge in [0.2, 0.25) is 11.8 Å². The summed E-state index contributed by atoms with van der Waals surface area (Å²) in [4.78, 5) is 27.5. The minimum absolute atomic E-state index is 0.144. The zero-order valence-corrected chi connectivity index (χ0v) is 11.2. The molecule has 0 unspecified atom stereocenters. The number of hydrogen-bond donors (Lipinski definition) is 0. The maximum atomic E-state index is 12.0. The SMILES string of the molecule is CC(C)CC(=O)N1CCC(=O)N(C[C@@H]2CO2)CC1. The van der Waals surface area contributed by atoms with Gasteiger partial charge >= 0.3 is 0 Å². The summed E-state index contributed by atoms with van der Waals surface area (Å²) in [5.74, 6) is 0.681. The third-order valence-corrected chi connectivity index (χ3v) is 3.35. The Bertz CT molecular complexity index is 326. The molecule has 2 rings (SSSR count). The topological polar surface area (TPSA) is 53.2 Å². The van der Waals surface area contributed by atoms with E-state index in [-0.39, 0.29) is 17.9 Å². The van der Waals surface area contributed by atoms with Crippen LogP contribution < -0.4 is 0 Å². The summed E-state index contributed by atoms with van der Waals surface area (Å²) in [7, 11) is 0. The second-order valence-corrected chi connectivity index (χ2v) is 5.52. The van der Waals surface area contributed by atoms with E-state index < -0.39 is 0 Å². The summed E-state index contributed by atoms with van der Waals surface area (Å²) < 4.78 is 5.15. The Hall–Kier alpha value is -1.10. The molecule has 2 amide bonds. The molecule has 2 aliphatic heterocycles. The van der Waals surface area contributed by atoms with Crippen LogP contribution in [0.25, 0.3) is 0 Å². The number of nitrogens with zero attached hydrogens (tertiary/aromatic N) is 2. The van der Waals surface area contributed by atoms with Crippen LogP contribution in [0.1, 0.15) is 26.7 Å². The van der Waals surface area contributed by atoms with Crippen molar-refractivity contribution < 1.29 is 14.3 Å². The van der Waals surface area contributed by atoms with E-state index in [1.807, 2.05) is 23.6 Å². The van der Waals surface area contributed by atoms with Crippen LogP contribution in [0.4, 0.5) is 0 Å². The quantitative estimate of drug-likeness (QED) is 0.686. The van der Waals surface area contributed by atoms with E-state index in [2.05, 4.69) is 0 Å². The molecule has 0 spiro atoms. The molecule has 102 valence electrons. The van der Waals surface area contributed by atoms with Gasteiger partial charge in [-0.15, -0.1) is 0 Å². The summed E-state index contributed by atoms with van der Waals surface area (Å²) in [5, 5.41) is 0. The summed E-state index contributed by atoms with van der Waals surface area (Å²) >= 11 is 0. The highest BCUT2D eigenvalue weighted by molar-refractivity contribution is 5.80. The molecule has 5 heteroatoms. The van der Waals surface area contributed by atoms with Gasteiger partial charge in [-0.25, -0.2) is 0 Å². The molecule has 0 saturated carbocycles. The Morgan fingerprint density at radius 1 is 1.39 bits per heavy atom. The fourth-order valence-corrected chi connectivity index (χ4v) is 2.21. The van der Waals surface area contributed by atoms with Gasteiger partial charge in [0, 0.05) is 39.0 Å². The van der Waals surface area contributed by atoms with E-state index in [1.165, 1.54) is 0 Å².